The van der Waals surface area contributed by atoms with Gasteiger partial charge in [-0.05, 0) is 17.7 Å². The average Bonchev–Trinajstić information content (AvgIpc) is 2.29. The quantitative estimate of drug-likeness (QED) is 0.709. The van der Waals surface area contributed by atoms with E-state index in [1.54, 1.807) is 13.2 Å². The van der Waals surface area contributed by atoms with Crippen LogP contribution >= 0.6 is 0 Å². The molecule has 80 valence electrons. The Morgan fingerprint density at radius 3 is 2.47 bits per heavy atom. The van der Waals surface area contributed by atoms with Gasteiger partial charge < -0.3 is 9.47 Å². The van der Waals surface area contributed by atoms with E-state index >= 15 is 0 Å². The number of hydrogen-bond acceptors (Lipinski definition) is 3. The van der Waals surface area contributed by atoms with E-state index in [1.165, 1.54) is 7.11 Å². The van der Waals surface area contributed by atoms with Gasteiger partial charge in [0, 0.05) is 0 Å². The third kappa shape index (κ3) is 3.85. The van der Waals surface area contributed by atoms with Gasteiger partial charge in [0.2, 0.25) is 0 Å². The Labute approximate surface area is 89.3 Å². The van der Waals surface area contributed by atoms with Crippen LogP contribution in [0.1, 0.15) is 12.0 Å². The molecule has 0 spiro atoms. The molecule has 1 aromatic rings. The zero-order valence-corrected chi connectivity index (χ0v) is 8.90. The molecule has 15 heavy (non-hydrogen) atoms. The summed E-state index contributed by atoms with van der Waals surface area (Å²) in [5.41, 5.74) is 1.03. The molecule has 0 aliphatic rings. The molecule has 0 saturated carbocycles. The Hall–Kier alpha value is -1.77. The fraction of sp³-hybridized carbons (Fsp3) is 0.250. The molecule has 0 radical (unpaired) electrons. The second-order valence-electron chi connectivity index (χ2n) is 2.96. The molecule has 0 atom stereocenters. The highest BCUT2D eigenvalue weighted by Gasteiger charge is 1.94. The first kappa shape index (κ1) is 11.3. The van der Waals surface area contributed by atoms with Crippen LogP contribution in [0.3, 0.4) is 0 Å². The largest absolute Gasteiger partial charge is 0.497 e. The van der Waals surface area contributed by atoms with Crippen LogP contribution in [0.15, 0.2) is 30.3 Å². The van der Waals surface area contributed by atoms with Crippen molar-refractivity contribution in [2.24, 2.45) is 0 Å². The Kier molecular flexibility index (Phi) is 4.41. The third-order valence-corrected chi connectivity index (χ3v) is 1.94. The molecule has 0 unspecified atom stereocenters. The maximum Gasteiger partial charge on any atom is 0.309 e. The summed E-state index contributed by atoms with van der Waals surface area (Å²) in [5.74, 6) is 0.583. The van der Waals surface area contributed by atoms with Crippen LogP contribution in [-0.2, 0) is 9.53 Å². The monoisotopic (exact) mass is 206 g/mol. The van der Waals surface area contributed by atoms with Crippen LogP contribution in [0.5, 0.6) is 5.75 Å². The van der Waals surface area contributed by atoms with Gasteiger partial charge in [0.05, 0.1) is 20.6 Å². The molecule has 0 aliphatic heterocycles. The van der Waals surface area contributed by atoms with Crippen LogP contribution in [0.4, 0.5) is 0 Å². The molecule has 0 N–H and O–H groups in total. The van der Waals surface area contributed by atoms with Gasteiger partial charge in [-0.2, -0.15) is 0 Å². The first-order valence-corrected chi connectivity index (χ1v) is 4.63. The van der Waals surface area contributed by atoms with Crippen LogP contribution in [0.2, 0.25) is 0 Å². The fourth-order valence-corrected chi connectivity index (χ4v) is 1.09. The summed E-state index contributed by atoms with van der Waals surface area (Å²) in [6.07, 6.45) is 3.94. The lowest BCUT2D eigenvalue weighted by atomic mass is 10.2. The number of hydrogen-bond donors (Lipinski definition) is 0. The van der Waals surface area contributed by atoms with Crippen molar-refractivity contribution in [3.8, 4) is 5.75 Å². The molecule has 0 saturated heterocycles. The van der Waals surface area contributed by atoms with Gasteiger partial charge in [0.15, 0.2) is 0 Å². The van der Waals surface area contributed by atoms with Crippen LogP contribution in [-0.4, -0.2) is 20.2 Å². The predicted molar refractivity (Wildman–Crippen MR) is 58.7 cm³/mol. The molecule has 0 fully saturated rings. The normalized spacial score (nSPS) is 10.3. The number of rotatable bonds is 4. The molecule has 0 aromatic heterocycles. The molecule has 0 amide bonds. The summed E-state index contributed by atoms with van der Waals surface area (Å²) in [6, 6.07) is 7.59. The van der Waals surface area contributed by atoms with Crippen molar-refractivity contribution in [2.45, 2.75) is 6.42 Å². The minimum atomic E-state index is -0.236. The third-order valence-electron chi connectivity index (χ3n) is 1.94. The molecule has 1 rings (SSSR count). The first-order valence-electron chi connectivity index (χ1n) is 4.63. The zero-order valence-electron chi connectivity index (χ0n) is 8.90. The highest BCUT2D eigenvalue weighted by molar-refractivity contribution is 5.72. The van der Waals surface area contributed by atoms with Gasteiger partial charge in [-0.15, -0.1) is 0 Å². The van der Waals surface area contributed by atoms with E-state index in [4.69, 9.17) is 4.74 Å². The highest BCUT2D eigenvalue weighted by atomic mass is 16.5. The molecule has 0 heterocycles. The summed E-state index contributed by atoms with van der Waals surface area (Å²) >= 11 is 0. The zero-order chi connectivity index (χ0) is 11.1. The van der Waals surface area contributed by atoms with Crippen molar-refractivity contribution in [3.63, 3.8) is 0 Å². The molecule has 0 bridgehead atoms. The van der Waals surface area contributed by atoms with Crippen LogP contribution < -0.4 is 4.74 Å². The van der Waals surface area contributed by atoms with Gasteiger partial charge in [-0.3, -0.25) is 4.79 Å². The number of methoxy groups -OCH3 is 2. The van der Waals surface area contributed by atoms with Gasteiger partial charge in [-0.1, -0.05) is 24.3 Å². The first-order chi connectivity index (χ1) is 7.26. The van der Waals surface area contributed by atoms with Crippen molar-refractivity contribution < 1.29 is 14.3 Å². The van der Waals surface area contributed by atoms with Crippen molar-refractivity contribution in [1.29, 1.82) is 0 Å². The number of ether oxygens (including phenoxy) is 2. The van der Waals surface area contributed by atoms with Gasteiger partial charge in [0.1, 0.15) is 5.75 Å². The van der Waals surface area contributed by atoms with E-state index in [0.29, 0.717) is 6.42 Å². The smallest absolute Gasteiger partial charge is 0.309 e. The van der Waals surface area contributed by atoms with Crippen molar-refractivity contribution in [2.75, 3.05) is 14.2 Å². The Morgan fingerprint density at radius 1 is 1.27 bits per heavy atom. The van der Waals surface area contributed by atoms with E-state index in [-0.39, 0.29) is 5.97 Å². The molecule has 1 aromatic carbocycles. The van der Waals surface area contributed by atoms with Crippen molar-refractivity contribution in [3.05, 3.63) is 35.9 Å². The topological polar surface area (TPSA) is 35.5 Å². The van der Waals surface area contributed by atoms with Gasteiger partial charge in [0.25, 0.3) is 0 Å². The predicted octanol–water partition coefficient (Wildman–Crippen LogP) is 2.27. The van der Waals surface area contributed by atoms with E-state index in [2.05, 4.69) is 4.74 Å². The lowest BCUT2D eigenvalue weighted by Gasteiger charge is -1.98. The Balaban J connectivity index is 2.53. The number of benzene rings is 1. The summed E-state index contributed by atoms with van der Waals surface area (Å²) in [6.45, 7) is 0. The SMILES string of the molecule is COC(=O)CC=Cc1ccc(OC)cc1. The molecule has 3 nitrogen and oxygen atoms in total. The molecule has 3 heteroatoms. The Morgan fingerprint density at radius 2 is 1.93 bits per heavy atom. The van der Waals surface area contributed by atoms with Crippen molar-refractivity contribution in [1.82, 2.24) is 0 Å². The summed E-state index contributed by atoms with van der Waals surface area (Å²) in [4.78, 5) is 10.8. The minimum absolute atomic E-state index is 0.236. The summed E-state index contributed by atoms with van der Waals surface area (Å²) in [7, 11) is 3.01. The van der Waals surface area contributed by atoms with Crippen LogP contribution in [0.25, 0.3) is 6.08 Å². The van der Waals surface area contributed by atoms with E-state index in [9.17, 15) is 4.79 Å². The number of carbonyl (C=O) groups is 1. The second kappa shape index (κ2) is 5.86. The minimum Gasteiger partial charge on any atom is -0.497 e. The molecular formula is C12H14O3. The molecular weight excluding hydrogens is 192 g/mol. The van der Waals surface area contributed by atoms with Crippen molar-refractivity contribution >= 4 is 12.0 Å². The van der Waals surface area contributed by atoms with Crippen LogP contribution in [0, 0.1) is 0 Å². The van der Waals surface area contributed by atoms with Gasteiger partial charge in [-0.25, -0.2) is 0 Å². The van der Waals surface area contributed by atoms with E-state index in [0.717, 1.165) is 11.3 Å². The number of esters is 1. The summed E-state index contributed by atoms with van der Waals surface area (Å²) in [5, 5.41) is 0. The van der Waals surface area contributed by atoms with E-state index in [1.807, 2.05) is 30.3 Å². The number of carbonyl (C=O) groups excluding carboxylic acids is 1. The maximum atomic E-state index is 10.8. The standard InChI is InChI=1S/C12H14O3/c1-14-11-8-6-10(7-9-11)4-3-5-12(13)15-2/h3-4,6-9H,5H2,1-2H3. The van der Waals surface area contributed by atoms with Gasteiger partial charge >= 0.3 is 5.97 Å². The average molecular weight is 206 g/mol. The second-order valence-corrected chi connectivity index (χ2v) is 2.96. The fourth-order valence-electron chi connectivity index (χ4n) is 1.09. The lowest BCUT2D eigenvalue weighted by molar-refractivity contribution is -0.139. The lowest BCUT2D eigenvalue weighted by Crippen LogP contribution is -1.96. The molecule has 0 aliphatic carbocycles. The highest BCUT2D eigenvalue weighted by Crippen LogP contribution is 2.12. The summed E-state index contributed by atoms with van der Waals surface area (Å²) < 4.78 is 9.55. The van der Waals surface area contributed by atoms with E-state index < -0.39 is 0 Å². The Bertz CT molecular complexity index is 338. The maximum absolute atomic E-state index is 10.8.